The Morgan fingerprint density at radius 2 is 2.10 bits per heavy atom. The van der Waals surface area contributed by atoms with Crippen LogP contribution in [0.5, 0.6) is 0 Å². The molecule has 0 aromatic carbocycles. The van der Waals surface area contributed by atoms with Crippen LogP contribution in [0.15, 0.2) is 0 Å². The van der Waals surface area contributed by atoms with Gasteiger partial charge in [-0.05, 0) is 17.5 Å². The van der Waals surface area contributed by atoms with Gasteiger partial charge < -0.3 is 0 Å². The van der Waals surface area contributed by atoms with E-state index in [0.717, 1.165) is 19.3 Å². The van der Waals surface area contributed by atoms with Gasteiger partial charge in [0.05, 0.1) is 0 Å². The first-order valence-electron chi connectivity index (χ1n) is 3.89. The molecule has 0 spiro atoms. The highest BCUT2D eigenvalue weighted by Crippen LogP contribution is 2.15. The Bertz CT molecular complexity index is 101. The van der Waals surface area contributed by atoms with E-state index in [1.54, 1.807) is 0 Å². The Kier molecular flexibility index (Phi) is 5.70. The van der Waals surface area contributed by atoms with Crippen LogP contribution in [-0.4, -0.2) is 5.24 Å². The lowest BCUT2D eigenvalue weighted by Gasteiger charge is -2.09. The largest absolute Gasteiger partial charge is 0.281 e. The monoisotopic (exact) mass is 162 g/mol. The Balaban J connectivity index is 3.49. The number of carbonyl (C=O) groups excluding carboxylic acids is 1. The molecule has 0 N–H and O–H groups in total. The zero-order chi connectivity index (χ0) is 7.98. The van der Waals surface area contributed by atoms with Crippen LogP contribution in [0.3, 0.4) is 0 Å². The molecule has 0 saturated carbocycles. The van der Waals surface area contributed by atoms with Gasteiger partial charge in [0.25, 0.3) is 0 Å². The lowest BCUT2D eigenvalue weighted by molar-refractivity contribution is -0.112. The molecule has 0 aromatic heterocycles. The van der Waals surface area contributed by atoms with Crippen molar-refractivity contribution in [1.82, 2.24) is 0 Å². The summed E-state index contributed by atoms with van der Waals surface area (Å²) >= 11 is 5.25. The zero-order valence-corrected chi connectivity index (χ0v) is 7.45. The first-order valence-corrected chi connectivity index (χ1v) is 4.26. The van der Waals surface area contributed by atoms with Gasteiger partial charge in [0.2, 0.25) is 5.24 Å². The van der Waals surface area contributed by atoms with E-state index in [9.17, 15) is 4.79 Å². The third-order valence-electron chi connectivity index (χ3n) is 1.72. The van der Waals surface area contributed by atoms with E-state index < -0.39 is 0 Å². The second-order valence-corrected chi connectivity index (χ2v) is 3.04. The van der Waals surface area contributed by atoms with Crippen molar-refractivity contribution in [3.8, 4) is 0 Å². The molecule has 0 aromatic rings. The highest BCUT2D eigenvalue weighted by atomic mass is 35.5. The molecular weight excluding hydrogens is 148 g/mol. The van der Waals surface area contributed by atoms with Crippen LogP contribution in [0.2, 0.25) is 0 Å². The van der Waals surface area contributed by atoms with Gasteiger partial charge in [0, 0.05) is 6.42 Å². The van der Waals surface area contributed by atoms with E-state index in [4.69, 9.17) is 11.6 Å². The highest BCUT2D eigenvalue weighted by molar-refractivity contribution is 6.63. The third-order valence-corrected chi connectivity index (χ3v) is 1.88. The summed E-state index contributed by atoms with van der Waals surface area (Å²) in [5.74, 6) is 0.509. The predicted molar refractivity (Wildman–Crippen MR) is 44.2 cm³/mol. The van der Waals surface area contributed by atoms with E-state index in [0.29, 0.717) is 12.3 Å². The van der Waals surface area contributed by atoms with Gasteiger partial charge in [0.1, 0.15) is 0 Å². The molecule has 60 valence electrons. The standard InChI is InChI=1S/C8H15ClO/c1-3-5-7(4-2)6-8(9)10/h7H,3-6H2,1-2H3. The number of halogens is 1. The SMILES string of the molecule is CCCC(CC)CC(=O)Cl. The summed E-state index contributed by atoms with van der Waals surface area (Å²) in [6.07, 6.45) is 3.87. The van der Waals surface area contributed by atoms with Gasteiger partial charge in [-0.15, -0.1) is 0 Å². The van der Waals surface area contributed by atoms with Crippen molar-refractivity contribution in [2.75, 3.05) is 0 Å². The first-order chi connectivity index (χ1) is 4.70. The zero-order valence-electron chi connectivity index (χ0n) is 6.69. The molecule has 10 heavy (non-hydrogen) atoms. The Hall–Kier alpha value is -0.0400. The van der Waals surface area contributed by atoms with Crippen molar-refractivity contribution >= 4 is 16.8 Å². The van der Waals surface area contributed by atoms with Gasteiger partial charge in [-0.3, -0.25) is 4.79 Å². The van der Waals surface area contributed by atoms with E-state index in [2.05, 4.69) is 13.8 Å². The molecule has 0 radical (unpaired) electrons. The van der Waals surface area contributed by atoms with Gasteiger partial charge in [0.15, 0.2) is 0 Å². The molecule has 0 amide bonds. The molecule has 0 heterocycles. The Morgan fingerprint density at radius 3 is 2.40 bits per heavy atom. The second-order valence-electron chi connectivity index (χ2n) is 2.62. The maximum absolute atomic E-state index is 10.5. The molecule has 0 aliphatic heterocycles. The van der Waals surface area contributed by atoms with Crippen molar-refractivity contribution in [2.24, 2.45) is 5.92 Å². The molecule has 2 heteroatoms. The van der Waals surface area contributed by atoms with Gasteiger partial charge in [-0.2, -0.15) is 0 Å². The molecule has 1 unspecified atom stereocenters. The van der Waals surface area contributed by atoms with Crippen LogP contribution in [0.4, 0.5) is 0 Å². The fraction of sp³-hybridized carbons (Fsp3) is 0.875. The van der Waals surface area contributed by atoms with Crippen LogP contribution in [0.25, 0.3) is 0 Å². The van der Waals surface area contributed by atoms with Crippen molar-refractivity contribution in [3.05, 3.63) is 0 Å². The summed E-state index contributed by atoms with van der Waals surface area (Å²) < 4.78 is 0. The molecule has 0 bridgehead atoms. The summed E-state index contributed by atoms with van der Waals surface area (Å²) in [5.41, 5.74) is 0. The van der Waals surface area contributed by atoms with E-state index >= 15 is 0 Å². The molecule has 1 atom stereocenters. The van der Waals surface area contributed by atoms with Gasteiger partial charge in [-0.25, -0.2) is 0 Å². The number of rotatable bonds is 5. The van der Waals surface area contributed by atoms with Gasteiger partial charge in [-0.1, -0.05) is 33.1 Å². The average molecular weight is 163 g/mol. The molecule has 0 fully saturated rings. The number of hydrogen-bond donors (Lipinski definition) is 0. The Labute approximate surface area is 67.8 Å². The van der Waals surface area contributed by atoms with Crippen LogP contribution < -0.4 is 0 Å². The molecule has 0 rings (SSSR count). The quantitative estimate of drug-likeness (QED) is 0.568. The predicted octanol–water partition coefficient (Wildman–Crippen LogP) is 2.97. The summed E-state index contributed by atoms with van der Waals surface area (Å²) in [6, 6.07) is 0. The third kappa shape index (κ3) is 4.80. The van der Waals surface area contributed by atoms with E-state index in [1.165, 1.54) is 0 Å². The average Bonchev–Trinajstić information content (AvgIpc) is 1.86. The molecule has 0 saturated heterocycles. The highest BCUT2D eigenvalue weighted by Gasteiger charge is 2.08. The summed E-state index contributed by atoms with van der Waals surface area (Å²) in [4.78, 5) is 10.5. The minimum Gasteiger partial charge on any atom is -0.281 e. The molecular formula is C8H15ClO. The van der Waals surface area contributed by atoms with Crippen LogP contribution in [-0.2, 0) is 4.79 Å². The fourth-order valence-electron chi connectivity index (χ4n) is 1.09. The smallest absolute Gasteiger partial charge is 0.221 e. The lowest BCUT2D eigenvalue weighted by atomic mass is 9.98. The minimum absolute atomic E-state index is 0.194. The number of carbonyl (C=O) groups is 1. The first kappa shape index (κ1) is 9.96. The lowest BCUT2D eigenvalue weighted by Crippen LogP contribution is -2.02. The van der Waals surface area contributed by atoms with Crippen molar-refractivity contribution < 1.29 is 4.79 Å². The summed E-state index contributed by atoms with van der Waals surface area (Å²) in [6.45, 7) is 4.22. The van der Waals surface area contributed by atoms with Crippen LogP contribution in [0.1, 0.15) is 39.5 Å². The molecule has 0 aliphatic carbocycles. The van der Waals surface area contributed by atoms with E-state index in [-0.39, 0.29) is 5.24 Å². The van der Waals surface area contributed by atoms with Gasteiger partial charge >= 0.3 is 0 Å². The normalized spacial score (nSPS) is 13.1. The molecule has 1 nitrogen and oxygen atoms in total. The maximum atomic E-state index is 10.5. The van der Waals surface area contributed by atoms with Crippen molar-refractivity contribution in [3.63, 3.8) is 0 Å². The second kappa shape index (κ2) is 5.72. The molecule has 0 aliphatic rings. The van der Waals surface area contributed by atoms with Crippen molar-refractivity contribution in [2.45, 2.75) is 39.5 Å². The number of hydrogen-bond acceptors (Lipinski definition) is 1. The Morgan fingerprint density at radius 1 is 1.50 bits per heavy atom. The summed E-state index contributed by atoms with van der Waals surface area (Å²) in [5, 5.41) is -0.194. The van der Waals surface area contributed by atoms with E-state index in [1.807, 2.05) is 0 Å². The van der Waals surface area contributed by atoms with Crippen molar-refractivity contribution in [1.29, 1.82) is 0 Å². The topological polar surface area (TPSA) is 17.1 Å². The van der Waals surface area contributed by atoms with Crippen LogP contribution >= 0.6 is 11.6 Å². The fourth-order valence-corrected chi connectivity index (χ4v) is 1.30. The minimum atomic E-state index is -0.194. The summed E-state index contributed by atoms with van der Waals surface area (Å²) in [7, 11) is 0. The van der Waals surface area contributed by atoms with Crippen LogP contribution in [0, 0.1) is 5.92 Å². The maximum Gasteiger partial charge on any atom is 0.221 e.